The number of benzene rings is 2. The Labute approximate surface area is 143 Å². The largest absolute Gasteiger partial charge is 0.493 e. The third kappa shape index (κ3) is 4.68. The molecule has 0 aliphatic carbocycles. The van der Waals surface area contributed by atoms with E-state index in [4.69, 9.17) is 25.8 Å². The molecule has 4 heteroatoms. The summed E-state index contributed by atoms with van der Waals surface area (Å²) in [7, 11) is 1.65. The molecule has 0 aliphatic heterocycles. The maximum atomic E-state index is 6.04. The van der Waals surface area contributed by atoms with Crippen LogP contribution in [0.2, 0.25) is 0 Å². The van der Waals surface area contributed by atoms with Gasteiger partial charge in [0, 0.05) is 16.8 Å². The second-order valence-electron chi connectivity index (χ2n) is 5.40. The molecule has 3 nitrogen and oxygen atoms in total. The molecule has 0 heterocycles. The maximum absolute atomic E-state index is 6.04. The van der Waals surface area contributed by atoms with Crippen molar-refractivity contribution in [2.75, 3.05) is 26.2 Å². The number of fused-ring (bicyclic) bond motifs is 1. The lowest BCUT2D eigenvalue weighted by molar-refractivity contribution is 0.286. The molecule has 0 bridgehead atoms. The molecule has 0 unspecified atom stereocenters. The van der Waals surface area contributed by atoms with Crippen LogP contribution in [0, 0.1) is 0 Å². The predicted octanol–water partition coefficient (Wildman–Crippen LogP) is 5.43. The van der Waals surface area contributed by atoms with Crippen molar-refractivity contribution in [2.24, 2.45) is 0 Å². The van der Waals surface area contributed by atoms with E-state index in [0.717, 1.165) is 28.7 Å². The van der Waals surface area contributed by atoms with Gasteiger partial charge in [-0.2, -0.15) is 0 Å². The molecule has 0 aromatic heterocycles. The highest BCUT2D eigenvalue weighted by Crippen LogP contribution is 2.41. The molecule has 126 valence electrons. The van der Waals surface area contributed by atoms with Crippen molar-refractivity contribution in [3.05, 3.63) is 30.3 Å². The van der Waals surface area contributed by atoms with Crippen LogP contribution in [0.1, 0.15) is 32.6 Å². The number of hydrogen-bond acceptors (Lipinski definition) is 3. The summed E-state index contributed by atoms with van der Waals surface area (Å²) in [5, 5.41) is 2.02. The first-order chi connectivity index (χ1) is 11.3. The Morgan fingerprint density at radius 3 is 2.39 bits per heavy atom. The minimum absolute atomic E-state index is 0.451. The third-order valence-electron chi connectivity index (χ3n) is 3.72. The molecule has 0 saturated carbocycles. The average Bonchev–Trinajstić information content (AvgIpc) is 2.60. The van der Waals surface area contributed by atoms with Crippen molar-refractivity contribution in [3.8, 4) is 17.2 Å². The second-order valence-corrected chi connectivity index (χ2v) is 5.78. The van der Waals surface area contributed by atoms with Crippen LogP contribution in [0.4, 0.5) is 0 Å². The van der Waals surface area contributed by atoms with Crippen molar-refractivity contribution < 1.29 is 14.2 Å². The zero-order valence-electron chi connectivity index (χ0n) is 13.9. The average molecular weight is 337 g/mol. The minimum atomic E-state index is 0.451. The number of rotatable bonds is 10. The van der Waals surface area contributed by atoms with Gasteiger partial charge in [0.25, 0.3) is 0 Å². The lowest BCUT2D eigenvalue weighted by Crippen LogP contribution is -2.03. The van der Waals surface area contributed by atoms with E-state index in [1.165, 1.54) is 19.3 Å². The summed E-state index contributed by atoms with van der Waals surface area (Å²) >= 11 is 5.74. The van der Waals surface area contributed by atoms with Crippen LogP contribution in [-0.4, -0.2) is 26.2 Å². The molecule has 23 heavy (non-hydrogen) atoms. The van der Waals surface area contributed by atoms with Crippen LogP contribution in [0.25, 0.3) is 10.8 Å². The van der Waals surface area contributed by atoms with Gasteiger partial charge < -0.3 is 14.2 Å². The van der Waals surface area contributed by atoms with Gasteiger partial charge in [-0.15, -0.1) is 11.6 Å². The highest BCUT2D eigenvalue weighted by atomic mass is 35.5. The number of methoxy groups -OCH3 is 1. The lowest BCUT2D eigenvalue weighted by Gasteiger charge is -2.16. The van der Waals surface area contributed by atoms with Crippen LogP contribution in [0.5, 0.6) is 17.2 Å². The van der Waals surface area contributed by atoms with E-state index in [0.29, 0.717) is 24.8 Å². The van der Waals surface area contributed by atoms with E-state index in [-0.39, 0.29) is 0 Å². The molecular weight excluding hydrogens is 312 g/mol. The second kappa shape index (κ2) is 9.51. The van der Waals surface area contributed by atoms with Crippen LogP contribution in [0.3, 0.4) is 0 Å². The van der Waals surface area contributed by atoms with Crippen molar-refractivity contribution in [1.82, 2.24) is 0 Å². The molecule has 0 amide bonds. The van der Waals surface area contributed by atoms with Gasteiger partial charge in [-0.05, 0) is 6.42 Å². The first-order valence-corrected chi connectivity index (χ1v) is 8.76. The fourth-order valence-electron chi connectivity index (χ4n) is 2.56. The van der Waals surface area contributed by atoms with Crippen molar-refractivity contribution in [2.45, 2.75) is 32.6 Å². The highest BCUT2D eigenvalue weighted by molar-refractivity contribution is 6.18. The van der Waals surface area contributed by atoms with E-state index in [9.17, 15) is 0 Å². The highest BCUT2D eigenvalue weighted by Gasteiger charge is 2.14. The van der Waals surface area contributed by atoms with E-state index < -0.39 is 0 Å². The summed E-state index contributed by atoms with van der Waals surface area (Å²) in [6.45, 7) is 3.37. The fourth-order valence-corrected chi connectivity index (χ4v) is 2.64. The molecule has 0 aliphatic rings. The standard InChI is InChI=1S/C19H25ClO3/c1-3-4-5-8-12-23-19-16-10-7-6-9-15(16)17(22-13-11-20)14-18(19)21-2/h6-7,9-10,14H,3-5,8,11-13H2,1-2H3. The van der Waals surface area contributed by atoms with Gasteiger partial charge in [-0.25, -0.2) is 0 Å². The van der Waals surface area contributed by atoms with Crippen molar-refractivity contribution in [1.29, 1.82) is 0 Å². The molecule has 0 saturated heterocycles. The first-order valence-electron chi connectivity index (χ1n) is 8.23. The Morgan fingerprint density at radius 1 is 0.913 bits per heavy atom. The van der Waals surface area contributed by atoms with Crippen LogP contribution < -0.4 is 14.2 Å². The van der Waals surface area contributed by atoms with Crippen LogP contribution >= 0.6 is 11.6 Å². The SMILES string of the molecule is CCCCCCOc1c(OC)cc(OCCCl)c2ccccc12. The molecule has 2 aromatic carbocycles. The molecule has 0 N–H and O–H groups in total. The lowest BCUT2D eigenvalue weighted by atomic mass is 10.1. The van der Waals surface area contributed by atoms with Gasteiger partial charge in [0.15, 0.2) is 11.5 Å². The summed E-state index contributed by atoms with van der Waals surface area (Å²) in [5.74, 6) is 2.71. The zero-order valence-corrected chi connectivity index (χ0v) is 14.7. The number of alkyl halides is 1. The Hall–Kier alpha value is -1.61. The topological polar surface area (TPSA) is 27.7 Å². The predicted molar refractivity (Wildman–Crippen MR) is 96.4 cm³/mol. The Bertz CT molecular complexity index is 613. The summed E-state index contributed by atoms with van der Waals surface area (Å²) in [6.07, 6.45) is 4.70. The quantitative estimate of drug-likeness (QED) is 0.428. The van der Waals surface area contributed by atoms with Gasteiger partial charge in [-0.1, -0.05) is 50.5 Å². The van der Waals surface area contributed by atoms with Crippen LogP contribution in [-0.2, 0) is 0 Å². The normalized spacial score (nSPS) is 10.7. The van der Waals surface area contributed by atoms with Gasteiger partial charge in [0.1, 0.15) is 12.4 Å². The molecule has 2 rings (SSSR count). The zero-order chi connectivity index (χ0) is 16.5. The van der Waals surface area contributed by atoms with Crippen LogP contribution in [0.15, 0.2) is 30.3 Å². The van der Waals surface area contributed by atoms with Gasteiger partial charge >= 0.3 is 0 Å². The van der Waals surface area contributed by atoms with E-state index >= 15 is 0 Å². The summed E-state index contributed by atoms with van der Waals surface area (Å²) in [5.41, 5.74) is 0. The minimum Gasteiger partial charge on any atom is -0.493 e. The molecule has 0 atom stereocenters. The van der Waals surface area contributed by atoms with Crippen molar-refractivity contribution >= 4 is 22.4 Å². The molecule has 0 radical (unpaired) electrons. The van der Waals surface area contributed by atoms with Gasteiger partial charge in [0.05, 0.1) is 19.6 Å². The molecular formula is C19H25ClO3. The summed E-state index contributed by atoms with van der Waals surface area (Å²) in [6, 6.07) is 9.94. The molecule has 2 aromatic rings. The number of hydrogen-bond donors (Lipinski definition) is 0. The number of unbranched alkanes of at least 4 members (excludes halogenated alkanes) is 3. The van der Waals surface area contributed by atoms with Crippen molar-refractivity contribution in [3.63, 3.8) is 0 Å². The number of ether oxygens (including phenoxy) is 3. The fraction of sp³-hybridized carbons (Fsp3) is 0.474. The van der Waals surface area contributed by atoms with Gasteiger partial charge in [0.2, 0.25) is 0 Å². The smallest absolute Gasteiger partial charge is 0.169 e. The van der Waals surface area contributed by atoms with E-state index in [2.05, 4.69) is 6.92 Å². The maximum Gasteiger partial charge on any atom is 0.169 e. The Kier molecular flexibility index (Phi) is 7.34. The molecule has 0 spiro atoms. The van der Waals surface area contributed by atoms with Gasteiger partial charge in [-0.3, -0.25) is 0 Å². The summed E-state index contributed by atoms with van der Waals surface area (Å²) in [4.78, 5) is 0. The first kappa shape index (κ1) is 17.7. The molecule has 0 fully saturated rings. The Morgan fingerprint density at radius 2 is 1.70 bits per heavy atom. The monoisotopic (exact) mass is 336 g/mol. The number of halogens is 1. The Balaban J connectivity index is 2.27. The summed E-state index contributed by atoms with van der Waals surface area (Å²) < 4.78 is 17.3. The third-order valence-corrected chi connectivity index (χ3v) is 3.88. The van der Waals surface area contributed by atoms with E-state index in [1.54, 1.807) is 7.11 Å². The van der Waals surface area contributed by atoms with E-state index in [1.807, 2.05) is 30.3 Å².